The van der Waals surface area contributed by atoms with Gasteiger partial charge in [0, 0.05) is 11.1 Å². The normalized spacial score (nSPS) is 11.1. The molecule has 4 aromatic carbocycles. The maximum Gasteiger partial charge on any atom is 0.261 e. The number of ketones is 1. The number of hydrogen-bond acceptors (Lipinski definition) is 6. The molecular weight excluding hydrogens is 612 g/mol. The summed E-state index contributed by atoms with van der Waals surface area (Å²) in [4.78, 5) is 12.4. The third-order valence-corrected chi connectivity index (χ3v) is 6.92. The zero-order valence-electron chi connectivity index (χ0n) is 28.6. The first-order valence-corrected chi connectivity index (χ1v) is 16.9. The summed E-state index contributed by atoms with van der Waals surface area (Å²) in [5, 5.41) is 10.5. The second-order valence-electron chi connectivity index (χ2n) is 13.1. The summed E-state index contributed by atoms with van der Waals surface area (Å²) >= 11 is 0. The zero-order chi connectivity index (χ0) is 34.9. The van der Waals surface area contributed by atoms with Crippen LogP contribution in [0.2, 0.25) is 0 Å². The van der Waals surface area contributed by atoms with E-state index in [4.69, 9.17) is 14.0 Å². The van der Waals surface area contributed by atoms with Crippen molar-refractivity contribution in [2.75, 3.05) is 13.4 Å². The molecule has 256 valence electrons. The lowest BCUT2D eigenvalue weighted by atomic mass is 9.78. The summed E-state index contributed by atoms with van der Waals surface area (Å²) in [6.45, 7) is 17.0. The molecule has 0 amide bonds. The average molecular weight is 665 g/mol. The predicted molar refractivity (Wildman–Crippen MR) is 193 cm³/mol. The third kappa shape index (κ3) is 13.6. The van der Waals surface area contributed by atoms with Gasteiger partial charge in [-0.25, -0.2) is 0 Å². The molecule has 0 aliphatic heterocycles. The van der Waals surface area contributed by atoms with Gasteiger partial charge in [0.1, 0.15) is 23.0 Å². The Hall–Kier alpha value is -4.14. The van der Waals surface area contributed by atoms with E-state index >= 15 is 0 Å². The summed E-state index contributed by atoms with van der Waals surface area (Å²) in [6, 6.07) is 26.4. The smallest absolute Gasteiger partial charge is 0.261 e. The van der Waals surface area contributed by atoms with E-state index in [-0.39, 0.29) is 24.0 Å². The fourth-order valence-corrected chi connectivity index (χ4v) is 4.37. The number of rotatable bonds is 6. The Balaban J connectivity index is 0.000000421. The van der Waals surface area contributed by atoms with Crippen molar-refractivity contribution in [2.24, 2.45) is 0 Å². The Morgan fingerprint density at radius 1 is 0.723 bits per heavy atom. The second kappa shape index (κ2) is 17.1. The van der Waals surface area contributed by atoms with Gasteiger partial charge in [-0.1, -0.05) is 97.9 Å². The van der Waals surface area contributed by atoms with Crippen LogP contribution in [0.5, 0.6) is 23.0 Å². The highest BCUT2D eigenvalue weighted by molar-refractivity contribution is 7.85. The van der Waals surface area contributed by atoms with E-state index in [9.17, 15) is 18.3 Å². The van der Waals surface area contributed by atoms with E-state index in [1.165, 1.54) is 5.56 Å². The molecule has 0 fully saturated rings. The first-order valence-electron chi connectivity index (χ1n) is 15.1. The predicted octanol–water partition coefficient (Wildman–Crippen LogP) is 9.72. The van der Waals surface area contributed by atoms with E-state index in [1.54, 1.807) is 31.4 Å². The minimum Gasteiger partial charge on any atom is -0.507 e. The van der Waals surface area contributed by atoms with Crippen LogP contribution in [0.1, 0.15) is 94.1 Å². The molecule has 0 aliphatic carbocycles. The number of aryl methyl sites for hydroxylation is 2. The number of carbonyl (C=O) groups excluding carboxylic acids is 1. The number of aromatic hydroxyl groups is 1. The Labute approximate surface area is 282 Å². The van der Waals surface area contributed by atoms with Crippen molar-refractivity contribution in [1.82, 2.24) is 0 Å². The van der Waals surface area contributed by atoms with Gasteiger partial charge in [-0.3, -0.25) is 9.35 Å². The van der Waals surface area contributed by atoms with Crippen LogP contribution in [0.4, 0.5) is 0 Å². The first-order chi connectivity index (χ1) is 21.2. The number of ether oxygens (including phenoxy) is 2. The molecule has 8 heteroatoms. The van der Waals surface area contributed by atoms with Gasteiger partial charge in [-0.15, -0.1) is 0 Å². The average Bonchev–Trinajstić information content (AvgIpc) is 2.96. The molecule has 0 radical (unpaired) electrons. The highest BCUT2D eigenvalue weighted by Crippen LogP contribution is 2.39. The fraction of sp³-hybridized carbons (Fsp3) is 0.359. The molecule has 7 nitrogen and oxygen atoms in total. The molecule has 4 aromatic rings. The maximum atomic E-state index is 12.4. The number of phenols is 1. The van der Waals surface area contributed by atoms with Crippen LogP contribution in [0.25, 0.3) is 0 Å². The first kappa shape index (κ1) is 40.9. The highest BCUT2D eigenvalue weighted by atomic mass is 32.2. The van der Waals surface area contributed by atoms with Gasteiger partial charge in [0.25, 0.3) is 10.1 Å². The minimum absolute atomic E-state index is 0. The SMILES string of the molecule is C.CCc1cc(C(C)(C)C)c(O)c(C(C)(C)C)c1.COc1ccc(Oc2ccc(C(=O)c3ccc(C)cc3)cc2)cc1.CS(=O)(=O)O. The summed E-state index contributed by atoms with van der Waals surface area (Å²) < 4.78 is 36.8. The van der Waals surface area contributed by atoms with Crippen molar-refractivity contribution in [1.29, 1.82) is 0 Å². The molecule has 0 saturated carbocycles. The van der Waals surface area contributed by atoms with Gasteiger partial charge in [0.15, 0.2) is 5.78 Å². The zero-order valence-corrected chi connectivity index (χ0v) is 29.5. The quantitative estimate of drug-likeness (QED) is 0.156. The van der Waals surface area contributed by atoms with Crippen LogP contribution in [-0.2, 0) is 27.4 Å². The Morgan fingerprint density at radius 3 is 1.40 bits per heavy atom. The number of phenolic OH excluding ortho intramolecular Hbond substituents is 1. The molecule has 0 unspecified atom stereocenters. The van der Waals surface area contributed by atoms with Gasteiger partial charge in [-0.05, 0) is 89.4 Å². The number of benzene rings is 4. The van der Waals surface area contributed by atoms with Gasteiger partial charge in [0.05, 0.1) is 13.4 Å². The van der Waals surface area contributed by atoms with Crippen LogP contribution < -0.4 is 9.47 Å². The second-order valence-corrected chi connectivity index (χ2v) is 14.6. The highest BCUT2D eigenvalue weighted by Gasteiger charge is 2.26. The van der Waals surface area contributed by atoms with E-state index < -0.39 is 10.1 Å². The number of hydrogen-bond donors (Lipinski definition) is 2. The minimum atomic E-state index is -3.67. The standard InChI is InChI=1S/C21H18O3.C16H26O.CH4O3S.CH4/c1-15-3-5-16(6-4-15)21(22)17-7-9-19(10-8-17)24-20-13-11-18(23-2)12-14-20;1-8-11-9-12(15(2,3)4)14(17)13(10-11)16(5,6)7;1-5(2,3)4;/h3-14H,1-2H3;9-10,17H,8H2,1-7H3;1H3,(H,2,3,4);1H4. The topological polar surface area (TPSA) is 110 Å². The molecule has 47 heavy (non-hydrogen) atoms. The molecule has 0 bridgehead atoms. The Bertz CT molecular complexity index is 1630. The Kier molecular flexibility index (Phi) is 14.9. The van der Waals surface area contributed by atoms with Gasteiger partial charge < -0.3 is 14.6 Å². The molecule has 0 spiro atoms. The summed E-state index contributed by atoms with van der Waals surface area (Å²) in [7, 11) is -2.04. The lowest BCUT2D eigenvalue weighted by Crippen LogP contribution is -2.17. The van der Waals surface area contributed by atoms with Crippen molar-refractivity contribution in [3.8, 4) is 23.0 Å². The van der Waals surface area contributed by atoms with Crippen molar-refractivity contribution in [2.45, 2.75) is 80.1 Å². The lowest BCUT2D eigenvalue weighted by Gasteiger charge is -2.28. The van der Waals surface area contributed by atoms with Crippen molar-refractivity contribution in [3.05, 3.63) is 118 Å². The molecule has 0 aromatic heterocycles. The summed E-state index contributed by atoms with van der Waals surface area (Å²) in [5.74, 6) is 2.66. The summed E-state index contributed by atoms with van der Waals surface area (Å²) in [5.41, 5.74) is 5.84. The molecule has 4 rings (SSSR count). The third-order valence-electron chi connectivity index (χ3n) is 6.92. The molecule has 0 atom stereocenters. The van der Waals surface area contributed by atoms with E-state index in [1.807, 2.05) is 55.5 Å². The van der Waals surface area contributed by atoms with Crippen LogP contribution in [0, 0.1) is 6.92 Å². The largest absolute Gasteiger partial charge is 0.507 e. The van der Waals surface area contributed by atoms with E-state index in [0.29, 0.717) is 34.6 Å². The van der Waals surface area contributed by atoms with Crippen LogP contribution in [0.3, 0.4) is 0 Å². The van der Waals surface area contributed by atoms with Gasteiger partial charge in [-0.2, -0.15) is 8.42 Å². The molecule has 2 N–H and O–H groups in total. The number of carbonyl (C=O) groups is 1. The molecular formula is C39H52O7S. The van der Waals surface area contributed by atoms with E-state index in [0.717, 1.165) is 28.9 Å². The van der Waals surface area contributed by atoms with Crippen molar-refractivity contribution in [3.63, 3.8) is 0 Å². The van der Waals surface area contributed by atoms with Gasteiger partial charge in [0.2, 0.25) is 0 Å². The van der Waals surface area contributed by atoms with E-state index in [2.05, 4.69) is 60.6 Å². The van der Waals surface area contributed by atoms with Crippen LogP contribution in [0.15, 0.2) is 84.9 Å². The monoisotopic (exact) mass is 664 g/mol. The molecule has 0 aliphatic rings. The summed E-state index contributed by atoms with van der Waals surface area (Å²) in [6.07, 6.45) is 1.72. The van der Waals surface area contributed by atoms with Crippen LogP contribution in [-0.4, -0.2) is 37.2 Å². The van der Waals surface area contributed by atoms with Crippen molar-refractivity contribution >= 4 is 15.9 Å². The Morgan fingerprint density at radius 2 is 1.06 bits per heavy atom. The maximum absolute atomic E-state index is 12.4. The lowest BCUT2D eigenvalue weighted by molar-refractivity contribution is 0.103. The molecule has 0 heterocycles. The number of methoxy groups -OCH3 is 1. The van der Waals surface area contributed by atoms with Crippen molar-refractivity contribution < 1.29 is 32.3 Å². The van der Waals surface area contributed by atoms with Crippen LogP contribution >= 0.6 is 0 Å². The fourth-order valence-electron chi connectivity index (χ4n) is 4.37. The molecule has 0 saturated heterocycles. The van der Waals surface area contributed by atoms with Gasteiger partial charge >= 0.3 is 0 Å².